The Kier molecular flexibility index (Phi) is 5.61. The van der Waals surface area contributed by atoms with Gasteiger partial charge in [-0.05, 0) is 53.0 Å². The number of halogens is 1. The van der Waals surface area contributed by atoms with Gasteiger partial charge in [0.15, 0.2) is 0 Å². The van der Waals surface area contributed by atoms with Gasteiger partial charge in [-0.25, -0.2) is 4.98 Å². The zero-order valence-corrected chi connectivity index (χ0v) is 13.2. The molecule has 100 valence electrons. The van der Waals surface area contributed by atoms with Crippen molar-refractivity contribution in [2.75, 3.05) is 0 Å². The summed E-state index contributed by atoms with van der Waals surface area (Å²) < 4.78 is 1.86. The van der Waals surface area contributed by atoms with Crippen molar-refractivity contribution in [1.29, 1.82) is 0 Å². The van der Waals surface area contributed by atoms with E-state index in [1.54, 1.807) is 24.8 Å². The van der Waals surface area contributed by atoms with Gasteiger partial charge in [0.05, 0.1) is 11.4 Å². The van der Waals surface area contributed by atoms with Gasteiger partial charge in [-0.2, -0.15) is 0 Å². The Morgan fingerprint density at radius 1 is 1.20 bits per heavy atom. The average molecular weight is 375 g/mol. The Hall–Kier alpha value is -1.82. The third-order valence-electron chi connectivity index (χ3n) is 2.55. The lowest BCUT2D eigenvalue weighted by Gasteiger charge is -2.03. The van der Waals surface area contributed by atoms with Crippen LogP contribution in [-0.4, -0.2) is 16.2 Å². The monoisotopic (exact) mass is 375 g/mol. The van der Waals surface area contributed by atoms with Crippen LogP contribution in [0, 0.1) is 6.92 Å². The van der Waals surface area contributed by atoms with Gasteiger partial charge >= 0.3 is 0 Å². The Morgan fingerprint density at radius 3 is 2.75 bits per heavy atom. The molecule has 0 spiro atoms. The number of hydrogen-bond acceptors (Lipinski definition) is 3. The highest BCUT2D eigenvalue weighted by Crippen LogP contribution is 2.18. The first-order valence-electron chi connectivity index (χ1n) is 6.14. The van der Waals surface area contributed by atoms with Crippen molar-refractivity contribution >= 4 is 34.9 Å². The van der Waals surface area contributed by atoms with Gasteiger partial charge in [-0.15, -0.1) is 0 Å². The number of allylic oxidation sites excluding steroid dienone is 1. The van der Waals surface area contributed by atoms with E-state index in [9.17, 15) is 0 Å². The van der Waals surface area contributed by atoms with E-state index in [0.717, 1.165) is 17.0 Å². The summed E-state index contributed by atoms with van der Waals surface area (Å²) in [5.41, 5.74) is 4.12. The van der Waals surface area contributed by atoms with Gasteiger partial charge in [0.2, 0.25) is 0 Å². The van der Waals surface area contributed by atoms with Gasteiger partial charge in [0.1, 0.15) is 0 Å². The van der Waals surface area contributed by atoms with Crippen LogP contribution < -0.4 is 0 Å². The predicted molar refractivity (Wildman–Crippen MR) is 92.9 cm³/mol. The van der Waals surface area contributed by atoms with Crippen LogP contribution in [0.5, 0.6) is 0 Å². The maximum Gasteiger partial charge on any atom is 0.0713 e. The van der Waals surface area contributed by atoms with Crippen molar-refractivity contribution in [3.8, 4) is 11.3 Å². The molecule has 2 rings (SSSR count). The first-order valence-corrected chi connectivity index (χ1v) is 7.38. The maximum atomic E-state index is 4.63. The number of hydrogen-bond donors (Lipinski definition) is 0. The number of aryl methyl sites for hydroxylation is 1. The highest BCUT2D eigenvalue weighted by Gasteiger charge is 2.01. The molecular formula is C16H14IN3. The third-order valence-corrected chi connectivity index (χ3v) is 2.87. The van der Waals surface area contributed by atoms with E-state index in [0.29, 0.717) is 0 Å². The Bertz CT molecular complexity index is 646. The minimum Gasteiger partial charge on any atom is -0.265 e. The first kappa shape index (κ1) is 14.6. The zero-order chi connectivity index (χ0) is 14.2. The third kappa shape index (κ3) is 4.38. The molecule has 20 heavy (non-hydrogen) atoms. The molecule has 0 radical (unpaired) electrons. The van der Waals surface area contributed by atoms with Crippen LogP contribution in [0.1, 0.15) is 11.3 Å². The molecule has 2 aromatic rings. The Morgan fingerprint density at radius 2 is 2.00 bits per heavy atom. The maximum absolute atomic E-state index is 4.63. The number of aliphatic imine (C=N–C) groups is 1. The van der Waals surface area contributed by atoms with E-state index in [1.165, 1.54) is 5.56 Å². The summed E-state index contributed by atoms with van der Waals surface area (Å²) >= 11 is 2.13. The van der Waals surface area contributed by atoms with Crippen molar-refractivity contribution in [3.05, 3.63) is 64.3 Å². The summed E-state index contributed by atoms with van der Waals surface area (Å²) in [7, 11) is 0. The van der Waals surface area contributed by atoms with Gasteiger partial charge in [0, 0.05) is 30.4 Å². The fraction of sp³-hybridized carbons (Fsp3) is 0.0625. The highest BCUT2D eigenvalue weighted by atomic mass is 127. The van der Waals surface area contributed by atoms with Gasteiger partial charge in [0.25, 0.3) is 0 Å². The number of pyridine rings is 2. The summed E-state index contributed by atoms with van der Waals surface area (Å²) in [6, 6.07) is 8.03. The second kappa shape index (κ2) is 7.69. The Balaban J connectivity index is 2.25. The molecule has 2 heterocycles. The van der Waals surface area contributed by atoms with Crippen LogP contribution in [0.3, 0.4) is 0 Å². The summed E-state index contributed by atoms with van der Waals surface area (Å²) in [4.78, 5) is 12.7. The first-order chi connectivity index (χ1) is 9.79. The molecule has 0 N–H and O–H groups in total. The SMILES string of the molecule is Cc1cc(/C=C/C=N/C=C\I)nc(-c2ccncc2)c1. The Labute approximate surface area is 132 Å². The van der Waals surface area contributed by atoms with Crippen molar-refractivity contribution in [2.24, 2.45) is 4.99 Å². The van der Waals surface area contributed by atoms with Crippen LogP contribution in [0.15, 0.2) is 58.0 Å². The van der Waals surface area contributed by atoms with Crippen LogP contribution in [0.4, 0.5) is 0 Å². The molecule has 0 fully saturated rings. The number of nitrogens with zero attached hydrogens (tertiary/aromatic N) is 3. The van der Waals surface area contributed by atoms with E-state index in [2.05, 4.69) is 50.5 Å². The lowest BCUT2D eigenvalue weighted by atomic mass is 10.1. The number of rotatable bonds is 4. The summed E-state index contributed by atoms with van der Waals surface area (Å²) in [5, 5.41) is 0. The van der Waals surface area contributed by atoms with Crippen molar-refractivity contribution < 1.29 is 0 Å². The van der Waals surface area contributed by atoms with Gasteiger partial charge in [-0.1, -0.05) is 22.6 Å². The lowest BCUT2D eigenvalue weighted by molar-refractivity contribution is 1.25. The molecule has 0 aliphatic carbocycles. The topological polar surface area (TPSA) is 38.1 Å². The zero-order valence-electron chi connectivity index (χ0n) is 11.1. The molecule has 4 heteroatoms. The smallest absolute Gasteiger partial charge is 0.0713 e. The van der Waals surface area contributed by atoms with Crippen molar-refractivity contribution in [3.63, 3.8) is 0 Å². The molecule has 0 bridgehead atoms. The quantitative estimate of drug-likeness (QED) is 0.585. The molecule has 3 nitrogen and oxygen atoms in total. The molecule has 0 aliphatic heterocycles. The molecule has 0 saturated carbocycles. The normalized spacial score (nSPS) is 11.9. The molecule has 0 atom stereocenters. The van der Waals surface area contributed by atoms with E-state index >= 15 is 0 Å². The van der Waals surface area contributed by atoms with Crippen LogP contribution in [0.2, 0.25) is 0 Å². The fourth-order valence-electron chi connectivity index (χ4n) is 1.72. The fourth-order valence-corrected chi connectivity index (χ4v) is 1.91. The van der Waals surface area contributed by atoms with Gasteiger partial charge < -0.3 is 0 Å². The number of aromatic nitrogens is 2. The average Bonchev–Trinajstić information content (AvgIpc) is 2.47. The van der Waals surface area contributed by atoms with Crippen molar-refractivity contribution in [1.82, 2.24) is 9.97 Å². The lowest BCUT2D eigenvalue weighted by Crippen LogP contribution is -1.89. The summed E-state index contributed by atoms with van der Waals surface area (Å²) in [6.07, 6.45) is 10.9. The van der Waals surface area contributed by atoms with E-state index in [1.807, 2.05) is 34.4 Å². The largest absolute Gasteiger partial charge is 0.265 e. The van der Waals surface area contributed by atoms with E-state index in [-0.39, 0.29) is 0 Å². The highest BCUT2D eigenvalue weighted by molar-refractivity contribution is 14.1. The van der Waals surface area contributed by atoms with E-state index < -0.39 is 0 Å². The molecule has 0 saturated heterocycles. The molecule has 2 aromatic heterocycles. The van der Waals surface area contributed by atoms with Crippen LogP contribution in [0.25, 0.3) is 17.3 Å². The van der Waals surface area contributed by atoms with Crippen LogP contribution in [-0.2, 0) is 0 Å². The second-order valence-corrected chi connectivity index (χ2v) is 4.84. The molecule has 0 aromatic carbocycles. The second-order valence-electron chi connectivity index (χ2n) is 4.12. The molecule has 0 unspecified atom stereocenters. The van der Waals surface area contributed by atoms with Crippen molar-refractivity contribution in [2.45, 2.75) is 6.92 Å². The van der Waals surface area contributed by atoms with Crippen LogP contribution >= 0.6 is 22.6 Å². The minimum absolute atomic E-state index is 0.918. The molecule has 0 amide bonds. The van der Waals surface area contributed by atoms with E-state index in [4.69, 9.17) is 0 Å². The summed E-state index contributed by atoms with van der Waals surface area (Å²) in [6.45, 7) is 2.07. The molecule has 0 aliphatic rings. The van der Waals surface area contributed by atoms with Gasteiger partial charge in [-0.3, -0.25) is 9.98 Å². The predicted octanol–water partition coefficient (Wildman–Crippen LogP) is 4.44. The summed E-state index contributed by atoms with van der Waals surface area (Å²) in [5.74, 6) is 0. The molecular weight excluding hydrogens is 361 g/mol. The minimum atomic E-state index is 0.918. The standard InChI is InChI=1S/C16H14IN3/c1-13-11-15(3-2-7-18-10-6-17)20-16(12-13)14-4-8-19-9-5-14/h2-12H,1H3/b3-2+,10-6-,18-7+.